The predicted molar refractivity (Wildman–Crippen MR) is 82.4 cm³/mol. The lowest BCUT2D eigenvalue weighted by Crippen LogP contribution is -2.42. The zero-order valence-electron chi connectivity index (χ0n) is 13.2. The maximum absolute atomic E-state index is 12.4. The van der Waals surface area contributed by atoms with Crippen molar-refractivity contribution >= 4 is 11.7 Å². The van der Waals surface area contributed by atoms with Gasteiger partial charge in [-0.25, -0.2) is 15.0 Å². The summed E-state index contributed by atoms with van der Waals surface area (Å²) in [5, 5.41) is 3.33. The normalized spacial score (nSPS) is 15.5. The van der Waals surface area contributed by atoms with Gasteiger partial charge in [0.05, 0.1) is 12.8 Å². The molecule has 1 amide bonds. The van der Waals surface area contributed by atoms with Gasteiger partial charge < -0.3 is 19.4 Å². The van der Waals surface area contributed by atoms with E-state index in [0.717, 1.165) is 12.8 Å². The van der Waals surface area contributed by atoms with E-state index in [9.17, 15) is 4.79 Å². The Labute approximate surface area is 133 Å². The second-order valence-corrected chi connectivity index (χ2v) is 5.39. The minimum absolute atomic E-state index is 0.101. The van der Waals surface area contributed by atoms with Crippen molar-refractivity contribution in [3.8, 4) is 5.88 Å². The summed E-state index contributed by atoms with van der Waals surface area (Å²) >= 11 is 0. The highest BCUT2D eigenvalue weighted by Crippen LogP contribution is 2.22. The van der Waals surface area contributed by atoms with Crippen LogP contribution >= 0.6 is 0 Å². The van der Waals surface area contributed by atoms with E-state index < -0.39 is 0 Å². The Bertz CT molecular complexity index is 679. The molecule has 0 radical (unpaired) electrons. The molecule has 0 bridgehead atoms. The number of nitrogens with zero attached hydrogens (tertiary/aromatic N) is 4. The monoisotopic (exact) mass is 317 g/mol. The number of carbonyl (C=O) groups excluding carboxylic acids is 1. The third kappa shape index (κ3) is 3.25. The standard InChI is InChI=1S/C15H19N5O3/c1-10-12(23-9-18-10)15(21)20-7-3-11(4-8-20)19-13-14(22-2)17-6-5-16-13/h5-6,9,11H,3-4,7-8H2,1-2H3,(H,16,19). The predicted octanol–water partition coefficient (Wildman–Crippen LogP) is 1.50. The summed E-state index contributed by atoms with van der Waals surface area (Å²) in [5.41, 5.74) is 0.625. The van der Waals surface area contributed by atoms with Crippen LogP contribution in [-0.2, 0) is 0 Å². The molecule has 2 aromatic heterocycles. The first kappa shape index (κ1) is 15.3. The fourth-order valence-electron chi connectivity index (χ4n) is 2.64. The number of hydrogen-bond acceptors (Lipinski definition) is 7. The fraction of sp³-hybridized carbons (Fsp3) is 0.467. The van der Waals surface area contributed by atoms with Gasteiger partial charge in [-0.3, -0.25) is 4.79 Å². The number of aromatic nitrogens is 3. The number of carbonyl (C=O) groups is 1. The summed E-state index contributed by atoms with van der Waals surface area (Å²) in [5.74, 6) is 1.33. The van der Waals surface area contributed by atoms with Gasteiger partial charge in [0.15, 0.2) is 12.2 Å². The van der Waals surface area contributed by atoms with Crippen molar-refractivity contribution in [2.75, 3.05) is 25.5 Å². The van der Waals surface area contributed by atoms with Gasteiger partial charge in [-0.2, -0.15) is 0 Å². The van der Waals surface area contributed by atoms with Crippen LogP contribution in [0.25, 0.3) is 0 Å². The number of piperidine rings is 1. The van der Waals surface area contributed by atoms with Gasteiger partial charge in [0.2, 0.25) is 5.76 Å². The van der Waals surface area contributed by atoms with Crippen LogP contribution in [0, 0.1) is 6.92 Å². The van der Waals surface area contributed by atoms with Gasteiger partial charge in [0.1, 0.15) is 0 Å². The quantitative estimate of drug-likeness (QED) is 0.913. The van der Waals surface area contributed by atoms with Gasteiger partial charge in [-0.05, 0) is 19.8 Å². The molecule has 2 aromatic rings. The van der Waals surface area contributed by atoms with Crippen molar-refractivity contribution < 1.29 is 13.9 Å². The van der Waals surface area contributed by atoms with Gasteiger partial charge >= 0.3 is 0 Å². The van der Waals surface area contributed by atoms with E-state index in [1.807, 2.05) is 0 Å². The summed E-state index contributed by atoms with van der Waals surface area (Å²) in [6, 6.07) is 0.223. The third-order valence-corrected chi connectivity index (χ3v) is 3.92. The second-order valence-electron chi connectivity index (χ2n) is 5.39. The minimum Gasteiger partial charge on any atom is -0.478 e. The molecule has 0 aliphatic carbocycles. The fourth-order valence-corrected chi connectivity index (χ4v) is 2.64. The Balaban J connectivity index is 1.58. The number of anilines is 1. The largest absolute Gasteiger partial charge is 0.478 e. The summed E-state index contributed by atoms with van der Waals surface area (Å²) in [6.45, 7) is 3.07. The van der Waals surface area contributed by atoms with Gasteiger partial charge in [-0.1, -0.05) is 0 Å². The third-order valence-electron chi connectivity index (χ3n) is 3.92. The summed E-state index contributed by atoms with van der Waals surface area (Å²) in [6.07, 6.45) is 6.15. The zero-order chi connectivity index (χ0) is 16.2. The van der Waals surface area contributed by atoms with Crippen LogP contribution in [0.15, 0.2) is 23.2 Å². The van der Waals surface area contributed by atoms with Crippen molar-refractivity contribution in [2.24, 2.45) is 0 Å². The molecule has 0 atom stereocenters. The lowest BCUT2D eigenvalue weighted by Gasteiger charge is -2.32. The Morgan fingerprint density at radius 1 is 1.30 bits per heavy atom. The van der Waals surface area contributed by atoms with Crippen LogP contribution in [-0.4, -0.2) is 52.0 Å². The molecule has 1 aliphatic heterocycles. The lowest BCUT2D eigenvalue weighted by molar-refractivity contribution is 0.0685. The van der Waals surface area contributed by atoms with E-state index in [2.05, 4.69) is 20.3 Å². The van der Waals surface area contributed by atoms with Crippen LogP contribution in [0.5, 0.6) is 5.88 Å². The maximum Gasteiger partial charge on any atom is 0.291 e. The van der Waals surface area contributed by atoms with E-state index in [0.29, 0.717) is 36.2 Å². The van der Waals surface area contributed by atoms with E-state index in [4.69, 9.17) is 9.15 Å². The number of aryl methyl sites for hydroxylation is 1. The number of methoxy groups -OCH3 is 1. The molecule has 1 fully saturated rings. The van der Waals surface area contributed by atoms with E-state index >= 15 is 0 Å². The van der Waals surface area contributed by atoms with Crippen LogP contribution in [0.2, 0.25) is 0 Å². The number of nitrogens with one attached hydrogen (secondary N) is 1. The molecule has 1 aliphatic rings. The molecule has 1 saturated heterocycles. The number of rotatable bonds is 4. The molecule has 3 rings (SSSR count). The average Bonchev–Trinajstić information content (AvgIpc) is 3.01. The molecule has 8 heteroatoms. The van der Waals surface area contributed by atoms with E-state index in [1.54, 1.807) is 31.3 Å². The molecule has 0 aromatic carbocycles. The van der Waals surface area contributed by atoms with Gasteiger partial charge in [0.25, 0.3) is 11.8 Å². The Hall–Kier alpha value is -2.64. The van der Waals surface area contributed by atoms with Crippen LogP contribution in [0.3, 0.4) is 0 Å². The molecular weight excluding hydrogens is 298 g/mol. The van der Waals surface area contributed by atoms with E-state index in [-0.39, 0.29) is 11.9 Å². The molecular formula is C15H19N5O3. The minimum atomic E-state index is -0.101. The molecule has 122 valence electrons. The number of hydrogen-bond donors (Lipinski definition) is 1. The van der Waals surface area contributed by atoms with Crippen LogP contribution in [0.4, 0.5) is 5.82 Å². The first-order valence-corrected chi connectivity index (χ1v) is 7.50. The van der Waals surface area contributed by atoms with Crippen LogP contribution < -0.4 is 10.1 Å². The second kappa shape index (κ2) is 6.64. The molecule has 0 spiro atoms. The average molecular weight is 317 g/mol. The summed E-state index contributed by atoms with van der Waals surface area (Å²) in [4.78, 5) is 26.5. The molecule has 8 nitrogen and oxygen atoms in total. The molecule has 1 N–H and O–H groups in total. The first-order valence-electron chi connectivity index (χ1n) is 7.50. The molecule has 0 unspecified atom stereocenters. The van der Waals surface area contributed by atoms with Gasteiger partial charge in [0, 0.05) is 31.5 Å². The first-order chi connectivity index (χ1) is 11.2. The number of ether oxygens (including phenoxy) is 1. The zero-order valence-corrected chi connectivity index (χ0v) is 13.2. The highest BCUT2D eigenvalue weighted by molar-refractivity contribution is 5.92. The van der Waals surface area contributed by atoms with E-state index in [1.165, 1.54) is 6.39 Å². The van der Waals surface area contributed by atoms with Gasteiger partial charge in [-0.15, -0.1) is 0 Å². The van der Waals surface area contributed by atoms with Crippen molar-refractivity contribution in [3.05, 3.63) is 30.2 Å². The highest BCUT2D eigenvalue weighted by atomic mass is 16.5. The molecule has 0 saturated carbocycles. The SMILES string of the molecule is COc1nccnc1NC1CCN(C(=O)c2ocnc2C)CC1. The highest BCUT2D eigenvalue weighted by Gasteiger charge is 2.27. The summed E-state index contributed by atoms with van der Waals surface area (Å²) in [7, 11) is 1.57. The Kier molecular flexibility index (Phi) is 4.40. The molecule has 23 heavy (non-hydrogen) atoms. The van der Waals surface area contributed by atoms with Crippen LogP contribution in [0.1, 0.15) is 29.1 Å². The lowest BCUT2D eigenvalue weighted by atomic mass is 10.0. The maximum atomic E-state index is 12.4. The van der Waals surface area contributed by atoms with Crippen molar-refractivity contribution in [3.63, 3.8) is 0 Å². The topological polar surface area (TPSA) is 93.4 Å². The summed E-state index contributed by atoms with van der Waals surface area (Å²) < 4.78 is 10.4. The number of likely N-dealkylation sites (tertiary alicyclic amines) is 1. The Morgan fingerprint density at radius 2 is 2.04 bits per heavy atom. The number of oxazole rings is 1. The van der Waals surface area contributed by atoms with Crippen molar-refractivity contribution in [2.45, 2.75) is 25.8 Å². The van der Waals surface area contributed by atoms with Crippen molar-refractivity contribution in [1.29, 1.82) is 0 Å². The smallest absolute Gasteiger partial charge is 0.291 e. The number of amides is 1. The van der Waals surface area contributed by atoms with Crippen molar-refractivity contribution in [1.82, 2.24) is 19.9 Å². The molecule has 3 heterocycles. The Morgan fingerprint density at radius 3 is 2.70 bits per heavy atom.